The largest absolute Gasteiger partial charge is 0.497 e. The third kappa shape index (κ3) is 6.38. The molecule has 27 heavy (non-hydrogen) atoms. The Bertz CT molecular complexity index is 819. The van der Waals surface area contributed by atoms with Crippen LogP contribution < -0.4 is 20.7 Å². The lowest BCUT2D eigenvalue weighted by molar-refractivity contribution is -0.119. The van der Waals surface area contributed by atoms with E-state index < -0.39 is 0 Å². The number of amides is 2. The van der Waals surface area contributed by atoms with Crippen molar-refractivity contribution >= 4 is 34.8 Å². The van der Waals surface area contributed by atoms with Gasteiger partial charge in [0.25, 0.3) is 5.91 Å². The molecule has 2 rings (SSSR count). The van der Waals surface area contributed by atoms with Crippen LogP contribution in [0.25, 0.3) is 0 Å². The van der Waals surface area contributed by atoms with Gasteiger partial charge in [-0.05, 0) is 55.9 Å². The molecule has 0 atom stereocenters. The second-order valence-electron chi connectivity index (χ2n) is 6.20. The molecule has 0 saturated heterocycles. The van der Waals surface area contributed by atoms with Crippen LogP contribution in [0, 0.1) is 0 Å². The van der Waals surface area contributed by atoms with Crippen LogP contribution in [0.5, 0.6) is 5.75 Å². The first kappa shape index (κ1) is 20.4. The fraction of sp³-hybridized carbons (Fsp3) is 0.250. The van der Waals surface area contributed by atoms with Gasteiger partial charge in [-0.3, -0.25) is 9.59 Å². The lowest BCUT2D eigenvalue weighted by Crippen LogP contribution is -2.36. The maximum Gasteiger partial charge on any atom is 0.253 e. The normalized spacial score (nSPS) is 10.2. The Morgan fingerprint density at radius 1 is 1.07 bits per heavy atom. The minimum atomic E-state index is -0.248. The molecule has 0 aliphatic heterocycles. The predicted octanol–water partition coefficient (Wildman–Crippen LogP) is 2.89. The molecule has 0 aliphatic carbocycles. The molecule has 3 N–H and O–H groups in total. The molecule has 0 bridgehead atoms. The van der Waals surface area contributed by atoms with Gasteiger partial charge < -0.3 is 20.7 Å². The van der Waals surface area contributed by atoms with Crippen LogP contribution in [0.15, 0.2) is 48.5 Å². The number of anilines is 1. The number of hydrogen-bond donors (Lipinski definition) is 3. The molecule has 2 aromatic rings. The topological polar surface area (TPSA) is 79.5 Å². The number of hydrogen-bond acceptors (Lipinski definition) is 4. The molecule has 6 nitrogen and oxygen atoms in total. The first-order valence-electron chi connectivity index (χ1n) is 8.52. The number of rotatable bonds is 6. The fourth-order valence-corrected chi connectivity index (χ4v) is 2.61. The van der Waals surface area contributed by atoms with Crippen LogP contribution in [0.3, 0.4) is 0 Å². The monoisotopic (exact) mass is 385 g/mol. The number of nitrogens with one attached hydrogen (secondary N) is 3. The molecule has 0 spiro atoms. The second kappa shape index (κ2) is 9.68. The van der Waals surface area contributed by atoms with Crippen LogP contribution >= 0.6 is 12.2 Å². The minimum Gasteiger partial charge on any atom is -0.497 e. The van der Waals surface area contributed by atoms with Gasteiger partial charge in [0.05, 0.1) is 24.8 Å². The molecule has 0 fully saturated rings. The fourth-order valence-electron chi connectivity index (χ4n) is 2.38. The molecule has 0 radical (unpaired) electrons. The Labute approximate surface area is 164 Å². The van der Waals surface area contributed by atoms with Crippen molar-refractivity contribution in [2.45, 2.75) is 26.3 Å². The summed E-state index contributed by atoms with van der Waals surface area (Å²) < 4.78 is 5.10. The van der Waals surface area contributed by atoms with Crippen LogP contribution in [0.4, 0.5) is 5.69 Å². The van der Waals surface area contributed by atoms with Crippen molar-refractivity contribution < 1.29 is 14.3 Å². The maximum atomic E-state index is 12.3. The van der Waals surface area contributed by atoms with Gasteiger partial charge in [-0.25, -0.2) is 0 Å². The first-order valence-corrected chi connectivity index (χ1v) is 8.93. The van der Waals surface area contributed by atoms with Crippen molar-refractivity contribution in [1.82, 2.24) is 10.6 Å². The third-order valence-corrected chi connectivity index (χ3v) is 3.82. The van der Waals surface area contributed by atoms with E-state index in [0.29, 0.717) is 11.3 Å². The highest BCUT2D eigenvalue weighted by Crippen LogP contribution is 2.15. The molecule has 0 saturated carbocycles. The van der Waals surface area contributed by atoms with Gasteiger partial charge in [0.15, 0.2) is 5.11 Å². The number of para-hydroxylation sites is 1. The standard InChI is InChI=1S/C20H23N3O3S/c1-13(2)21-19(25)16-6-4-5-7-17(16)22-20(27)23-18(24)12-14-8-10-15(26-3)11-9-14/h4-11,13H,12H2,1-3H3,(H,21,25)(H2,22,23,24,27). The SMILES string of the molecule is COc1ccc(CC(=O)NC(=S)Nc2ccccc2C(=O)NC(C)C)cc1. The van der Waals surface area contributed by atoms with Crippen molar-refractivity contribution in [3.05, 3.63) is 59.7 Å². The quantitative estimate of drug-likeness (QED) is 0.667. The summed E-state index contributed by atoms with van der Waals surface area (Å²) in [5.41, 5.74) is 1.83. The zero-order chi connectivity index (χ0) is 19.8. The van der Waals surface area contributed by atoms with Crippen LogP contribution in [-0.2, 0) is 11.2 Å². The summed E-state index contributed by atoms with van der Waals surface area (Å²) in [6.45, 7) is 3.77. The number of ether oxygens (including phenoxy) is 1. The van der Waals surface area contributed by atoms with Gasteiger partial charge in [-0.2, -0.15) is 0 Å². The molecule has 0 unspecified atom stereocenters. The summed E-state index contributed by atoms with van der Waals surface area (Å²) in [4.78, 5) is 24.5. The van der Waals surface area contributed by atoms with Crippen LogP contribution in [0.2, 0.25) is 0 Å². The van der Waals surface area contributed by atoms with Gasteiger partial charge in [0.1, 0.15) is 5.75 Å². The molecular weight excluding hydrogens is 362 g/mol. The van der Waals surface area contributed by atoms with Gasteiger partial charge in [-0.1, -0.05) is 24.3 Å². The number of carbonyl (C=O) groups excluding carboxylic acids is 2. The van der Waals surface area contributed by atoms with E-state index in [1.165, 1.54) is 0 Å². The van der Waals surface area contributed by atoms with E-state index in [9.17, 15) is 9.59 Å². The van der Waals surface area contributed by atoms with Crippen molar-refractivity contribution in [2.75, 3.05) is 12.4 Å². The molecule has 0 aromatic heterocycles. The van der Waals surface area contributed by atoms with Gasteiger partial charge in [0.2, 0.25) is 5.91 Å². The number of thiocarbonyl (C=S) groups is 1. The summed E-state index contributed by atoms with van der Waals surface area (Å²) >= 11 is 5.21. The highest BCUT2D eigenvalue weighted by Gasteiger charge is 2.13. The Kier molecular flexibility index (Phi) is 7.31. The lowest BCUT2D eigenvalue weighted by Gasteiger charge is -2.14. The molecule has 2 amide bonds. The van der Waals surface area contributed by atoms with Crippen molar-refractivity contribution in [2.24, 2.45) is 0 Å². The second-order valence-corrected chi connectivity index (χ2v) is 6.61. The summed E-state index contributed by atoms with van der Waals surface area (Å²) in [6.07, 6.45) is 0.182. The van der Waals surface area contributed by atoms with Crippen LogP contribution in [0.1, 0.15) is 29.8 Å². The smallest absolute Gasteiger partial charge is 0.253 e. The van der Waals surface area contributed by atoms with E-state index >= 15 is 0 Å². The Hall–Kier alpha value is -2.93. The number of benzene rings is 2. The van der Waals surface area contributed by atoms with Gasteiger partial charge in [0, 0.05) is 6.04 Å². The van der Waals surface area contributed by atoms with E-state index in [0.717, 1.165) is 11.3 Å². The Morgan fingerprint density at radius 3 is 2.37 bits per heavy atom. The Morgan fingerprint density at radius 2 is 1.74 bits per heavy atom. The average Bonchev–Trinajstić information content (AvgIpc) is 2.62. The van der Waals surface area contributed by atoms with Gasteiger partial charge in [-0.15, -0.1) is 0 Å². The zero-order valence-electron chi connectivity index (χ0n) is 15.5. The highest BCUT2D eigenvalue weighted by molar-refractivity contribution is 7.80. The summed E-state index contributed by atoms with van der Waals surface area (Å²) in [5.74, 6) is 0.273. The van der Waals surface area contributed by atoms with E-state index in [4.69, 9.17) is 17.0 Å². The van der Waals surface area contributed by atoms with E-state index in [1.807, 2.05) is 26.0 Å². The van der Waals surface area contributed by atoms with Gasteiger partial charge >= 0.3 is 0 Å². The average molecular weight is 385 g/mol. The van der Waals surface area contributed by atoms with E-state index in [-0.39, 0.29) is 29.4 Å². The third-order valence-electron chi connectivity index (χ3n) is 3.62. The van der Waals surface area contributed by atoms with Crippen LogP contribution in [-0.4, -0.2) is 30.1 Å². The molecule has 2 aromatic carbocycles. The molecule has 7 heteroatoms. The van der Waals surface area contributed by atoms with Crippen molar-refractivity contribution in [3.8, 4) is 5.75 Å². The molecular formula is C20H23N3O3S. The lowest BCUT2D eigenvalue weighted by atomic mass is 10.1. The minimum absolute atomic E-state index is 0.0155. The zero-order valence-corrected chi connectivity index (χ0v) is 16.4. The Balaban J connectivity index is 1.96. The predicted molar refractivity (Wildman–Crippen MR) is 110 cm³/mol. The molecule has 0 aliphatic rings. The number of methoxy groups -OCH3 is 1. The summed E-state index contributed by atoms with van der Waals surface area (Å²) in [6, 6.07) is 14.2. The summed E-state index contributed by atoms with van der Waals surface area (Å²) in [5, 5.41) is 8.52. The van der Waals surface area contributed by atoms with Crippen molar-refractivity contribution in [3.63, 3.8) is 0 Å². The first-order chi connectivity index (χ1) is 12.9. The molecule has 0 heterocycles. The van der Waals surface area contributed by atoms with Crippen molar-refractivity contribution in [1.29, 1.82) is 0 Å². The maximum absolute atomic E-state index is 12.3. The summed E-state index contributed by atoms with van der Waals surface area (Å²) in [7, 11) is 1.59. The van der Waals surface area contributed by atoms with E-state index in [1.54, 1.807) is 43.5 Å². The highest BCUT2D eigenvalue weighted by atomic mass is 32.1. The molecule has 142 valence electrons. The number of carbonyl (C=O) groups is 2. The van der Waals surface area contributed by atoms with E-state index in [2.05, 4.69) is 16.0 Å².